The molecule has 0 saturated heterocycles. The molecule has 0 atom stereocenters. The molecule has 2 aromatic heterocycles. The highest BCUT2D eigenvalue weighted by Gasteiger charge is 2.15. The Morgan fingerprint density at radius 2 is 1.94 bits per heavy atom. The lowest BCUT2D eigenvalue weighted by atomic mass is 10.0. The van der Waals surface area contributed by atoms with Gasteiger partial charge in [0.05, 0.1) is 4.88 Å². The molecule has 2 heterocycles. The van der Waals surface area contributed by atoms with Gasteiger partial charge in [-0.05, 0) is 41.8 Å². The summed E-state index contributed by atoms with van der Waals surface area (Å²) >= 11 is 11.4. The fourth-order valence-electron chi connectivity index (χ4n) is 1.88. The van der Waals surface area contributed by atoms with Crippen molar-refractivity contribution in [3.8, 4) is 10.7 Å². The van der Waals surface area contributed by atoms with E-state index in [0.717, 1.165) is 20.6 Å². The summed E-state index contributed by atoms with van der Waals surface area (Å²) in [6.07, 6.45) is 0. The zero-order valence-corrected chi connectivity index (χ0v) is 13.9. The molecular weight excluding hydrogens is 332 g/mol. The Labute approximate surface area is 125 Å². The molecule has 0 aliphatic heterocycles. The van der Waals surface area contributed by atoms with Crippen molar-refractivity contribution in [2.24, 2.45) is 0 Å². The highest BCUT2D eigenvalue weighted by atomic mass is 79.9. The van der Waals surface area contributed by atoms with Crippen LogP contribution in [0.3, 0.4) is 0 Å². The van der Waals surface area contributed by atoms with Crippen LogP contribution in [0.1, 0.15) is 35.9 Å². The average molecular weight is 346 g/mol. The summed E-state index contributed by atoms with van der Waals surface area (Å²) in [7, 11) is 0. The van der Waals surface area contributed by atoms with E-state index in [1.807, 2.05) is 13.0 Å². The summed E-state index contributed by atoms with van der Waals surface area (Å²) in [4.78, 5) is 11.3. The van der Waals surface area contributed by atoms with Crippen molar-refractivity contribution in [1.82, 2.24) is 9.97 Å². The zero-order chi connectivity index (χ0) is 13.4. The Morgan fingerprint density at radius 3 is 2.39 bits per heavy atom. The third kappa shape index (κ3) is 2.60. The van der Waals surface area contributed by atoms with Crippen LogP contribution in [0.15, 0.2) is 10.5 Å². The van der Waals surface area contributed by atoms with E-state index < -0.39 is 0 Å². The Balaban J connectivity index is 2.54. The largest absolute Gasteiger partial charge is 0.232 e. The third-order valence-electron chi connectivity index (χ3n) is 2.74. The van der Waals surface area contributed by atoms with Crippen LogP contribution < -0.4 is 0 Å². The highest BCUT2D eigenvalue weighted by Crippen LogP contribution is 2.34. The second-order valence-electron chi connectivity index (χ2n) is 4.51. The van der Waals surface area contributed by atoms with Gasteiger partial charge in [-0.3, -0.25) is 0 Å². The first-order valence-corrected chi connectivity index (χ1v) is 7.69. The zero-order valence-electron chi connectivity index (χ0n) is 10.7. The molecule has 0 aliphatic rings. The number of rotatable bonds is 2. The topological polar surface area (TPSA) is 25.8 Å². The maximum absolute atomic E-state index is 6.27. The van der Waals surface area contributed by atoms with E-state index in [4.69, 9.17) is 11.6 Å². The van der Waals surface area contributed by atoms with Crippen molar-refractivity contribution >= 4 is 38.9 Å². The Morgan fingerprint density at radius 1 is 1.28 bits per heavy atom. The van der Waals surface area contributed by atoms with Crippen molar-refractivity contribution in [3.05, 3.63) is 31.8 Å². The van der Waals surface area contributed by atoms with Crippen LogP contribution >= 0.6 is 38.9 Å². The summed E-state index contributed by atoms with van der Waals surface area (Å²) < 4.78 is 1.09. The van der Waals surface area contributed by atoms with Crippen LogP contribution in [0.5, 0.6) is 0 Å². The number of aromatic nitrogens is 2. The second-order valence-corrected chi connectivity index (χ2v) is 6.98. The maximum Gasteiger partial charge on any atom is 0.171 e. The summed E-state index contributed by atoms with van der Waals surface area (Å²) in [5.74, 6) is 1.05. The highest BCUT2D eigenvalue weighted by molar-refractivity contribution is 9.10. The minimum atomic E-state index is 0.336. The molecule has 0 amide bonds. The average Bonchev–Trinajstić information content (AvgIpc) is 2.57. The lowest BCUT2D eigenvalue weighted by Crippen LogP contribution is -2.01. The SMILES string of the molecule is Cc1nc(-c2cc(Br)c(C)s2)nc(Cl)c1C(C)C. The third-order valence-corrected chi connectivity index (χ3v) is 5.17. The van der Waals surface area contributed by atoms with Crippen molar-refractivity contribution < 1.29 is 0 Å². The van der Waals surface area contributed by atoms with Crippen molar-refractivity contribution in [3.63, 3.8) is 0 Å². The molecule has 0 unspecified atom stereocenters. The minimum absolute atomic E-state index is 0.336. The molecule has 0 N–H and O–H groups in total. The van der Waals surface area contributed by atoms with Crippen LogP contribution in [0, 0.1) is 13.8 Å². The lowest BCUT2D eigenvalue weighted by molar-refractivity contribution is 0.831. The van der Waals surface area contributed by atoms with E-state index in [1.54, 1.807) is 11.3 Å². The Hall–Kier alpha value is -0.450. The molecule has 96 valence electrons. The number of aryl methyl sites for hydroxylation is 2. The minimum Gasteiger partial charge on any atom is -0.232 e. The summed E-state index contributed by atoms with van der Waals surface area (Å²) in [6, 6.07) is 2.04. The van der Waals surface area contributed by atoms with E-state index in [9.17, 15) is 0 Å². The fraction of sp³-hybridized carbons (Fsp3) is 0.385. The Bertz CT molecular complexity index is 550. The smallest absolute Gasteiger partial charge is 0.171 e. The first kappa shape index (κ1) is 14.0. The lowest BCUT2D eigenvalue weighted by Gasteiger charge is -2.11. The van der Waals surface area contributed by atoms with E-state index in [0.29, 0.717) is 16.9 Å². The molecular formula is C13H14BrClN2S. The molecule has 5 heteroatoms. The molecule has 0 aromatic carbocycles. The van der Waals surface area contributed by atoms with Crippen molar-refractivity contribution in [1.29, 1.82) is 0 Å². The van der Waals surface area contributed by atoms with Gasteiger partial charge in [-0.1, -0.05) is 25.4 Å². The quantitative estimate of drug-likeness (QED) is 0.685. The molecule has 18 heavy (non-hydrogen) atoms. The predicted octanol–water partition coefficient (Wildman–Crippen LogP) is 5.36. The normalized spacial score (nSPS) is 11.3. The van der Waals surface area contributed by atoms with E-state index >= 15 is 0 Å². The van der Waals surface area contributed by atoms with Crippen LogP contribution in [0.4, 0.5) is 0 Å². The van der Waals surface area contributed by atoms with Gasteiger partial charge in [0.25, 0.3) is 0 Å². The van der Waals surface area contributed by atoms with Gasteiger partial charge in [0, 0.05) is 20.6 Å². The predicted molar refractivity (Wildman–Crippen MR) is 81.6 cm³/mol. The van der Waals surface area contributed by atoms with Crippen LogP contribution in [0.2, 0.25) is 5.15 Å². The summed E-state index contributed by atoms with van der Waals surface area (Å²) in [5.41, 5.74) is 2.00. The van der Waals surface area contributed by atoms with Crippen molar-refractivity contribution in [2.45, 2.75) is 33.6 Å². The maximum atomic E-state index is 6.27. The van der Waals surface area contributed by atoms with E-state index in [1.165, 1.54) is 4.88 Å². The standard InChI is InChI=1S/C13H14BrClN2S/c1-6(2)11-7(3)16-13(17-12(11)15)10-5-9(14)8(4)18-10/h5-6H,1-4H3. The Kier molecular flexibility index (Phi) is 4.09. The number of nitrogens with zero attached hydrogens (tertiary/aromatic N) is 2. The first-order chi connectivity index (χ1) is 8.40. The van der Waals surface area contributed by atoms with Gasteiger partial charge < -0.3 is 0 Å². The van der Waals surface area contributed by atoms with E-state index in [2.05, 4.69) is 46.7 Å². The number of hydrogen-bond acceptors (Lipinski definition) is 3. The van der Waals surface area contributed by atoms with Crippen LogP contribution in [0.25, 0.3) is 10.7 Å². The van der Waals surface area contributed by atoms with Crippen LogP contribution in [-0.2, 0) is 0 Å². The number of hydrogen-bond donors (Lipinski definition) is 0. The van der Waals surface area contributed by atoms with Crippen LogP contribution in [-0.4, -0.2) is 9.97 Å². The van der Waals surface area contributed by atoms with Gasteiger partial charge in [-0.25, -0.2) is 9.97 Å². The fourth-order valence-corrected chi connectivity index (χ4v) is 3.79. The van der Waals surface area contributed by atoms with Gasteiger partial charge in [-0.15, -0.1) is 11.3 Å². The summed E-state index contributed by atoms with van der Waals surface area (Å²) in [6.45, 7) is 8.25. The van der Waals surface area contributed by atoms with Gasteiger partial charge in [-0.2, -0.15) is 0 Å². The molecule has 2 nitrogen and oxygen atoms in total. The molecule has 0 spiro atoms. The van der Waals surface area contributed by atoms with Gasteiger partial charge in [0.15, 0.2) is 5.82 Å². The molecule has 0 saturated carbocycles. The number of halogens is 2. The second kappa shape index (κ2) is 5.27. The van der Waals surface area contributed by atoms with Crippen molar-refractivity contribution in [2.75, 3.05) is 0 Å². The van der Waals surface area contributed by atoms with Gasteiger partial charge >= 0.3 is 0 Å². The number of thiophene rings is 1. The molecule has 0 radical (unpaired) electrons. The molecule has 2 aromatic rings. The van der Waals surface area contributed by atoms with Gasteiger partial charge in [0.2, 0.25) is 0 Å². The molecule has 2 rings (SSSR count). The molecule has 0 fully saturated rings. The monoisotopic (exact) mass is 344 g/mol. The molecule has 0 bridgehead atoms. The summed E-state index contributed by atoms with van der Waals surface area (Å²) in [5, 5.41) is 0.565. The van der Waals surface area contributed by atoms with E-state index in [-0.39, 0.29) is 0 Å². The van der Waals surface area contributed by atoms with Gasteiger partial charge in [0.1, 0.15) is 5.15 Å². The molecule has 0 aliphatic carbocycles. The first-order valence-electron chi connectivity index (χ1n) is 5.70.